The molecule has 0 aromatic heterocycles. The first kappa shape index (κ1) is 18.4. The fourth-order valence-electron chi connectivity index (χ4n) is 2.05. The van der Waals surface area contributed by atoms with Crippen LogP contribution in [-0.2, 0) is 10.8 Å². The highest BCUT2D eigenvalue weighted by Gasteiger charge is 2.30. The van der Waals surface area contributed by atoms with E-state index in [2.05, 4.69) is 76.5 Å². The molecule has 0 radical (unpaired) electrons. The summed E-state index contributed by atoms with van der Waals surface area (Å²) in [6.45, 7) is 15.4. The lowest BCUT2D eigenvalue weighted by Crippen LogP contribution is -2.23. The first-order valence-electron chi connectivity index (χ1n) is 7.12. The van der Waals surface area contributed by atoms with Crippen LogP contribution in [0.1, 0.15) is 59.6 Å². The van der Waals surface area contributed by atoms with E-state index in [0.29, 0.717) is 0 Å². The molecule has 112 valence electrons. The van der Waals surface area contributed by atoms with Gasteiger partial charge in [-0.1, -0.05) is 64.4 Å². The van der Waals surface area contributed by atoms with Gasteiger partial charge < -0.3 is 3.79 Å². The minimum absolute atomic E-state index is 0.0257. The van der Waals surface area contributed by atoms with Gasteiger partial charge >= 0.3 is 13.6 Å². The maximum absolute atomic E-state index is 6.39. The van der Waals surface area contributed by atoms with E-state index in [1.54, 1.807) is 0 Å². The van der Waals surface area contributed by atoms with Crippen molar-refractivity contribution in [3.63, 3.8) is 0 Å². The summed E-state index contributed by atoms with van der Waals surface area (Å²) in [6.07, 6.45) is 0. The van der Waals surface area contributed by atoms with Gasteiger partial charge in [-0.15, -0.1) is 0 Å². The average molecular weight is 376 g/mol. The third-order valence-corrected chi connectivity index (χ3v) is 6.02. The maximum Gasteiger partial charge on any atom is 0.679 e. The van der Waals surface area contributed by atoms with Crippen LogP contribution in [0, 0.1) is 0 Å². The summed E-state index contributed by atoms with van der Waals surface area (Å²) in [7, 11) is 6.39. The van der Waals surface area contributed by atoms with Gasteiger partial charge in [-0.2, -0.15) is 0 Å². The number of hydrogen-bond donors (Lipinski definition) is 0. The summed E-state index contributed by atoms with van der Waals surface area (Å²) in [5.74, 6) is 1.00. The first-order valence-corrected chi connectivity index (χ1v) is 10.9. The van der Waals surface area contributed by atoms with Gasteiger partial charge in [0.1, 0.15) is 0 Å². The normalized spacial score (nSPS) is 12.4. The van der Waals surface area contributed by atoms with Gasteiger partial charge in [0.2, 0.25) is 0 Å². The molecule has 0 unspecified atom stereocenters. The zero-order valence-electron chi connectivity index (χ0n) is 13.6. The third-order valence-electron chi connectivity index (χ3n) is 3.24. The van der Waals surface area contributed by atoms with Crippen LogP contribution in [0.25, 0.3) is 0 Å². The molecule has 1 aromatic carbocycles. The lowest BCUT2D eigenvalue weighted by Gasteiger charge is -2.31. The predicted molar refractivity (Wildman–Crippen MR) is 94.3 cm³/mol. The Balaban J connectivity index is 3.54. The Morgan fingerprint density at radius 1 is 1.05 bits per heavy atom. The summed E-state index contributed by atoms with van der Waals surface area (Å²) in [6, 6.07) is 4.33. The van der Waals surface area contributed by atoms with Crippen LogP contribution in [0.4, 0.5) is 0 Å². The van der Waals surface area contributed by atoms with Crippen LogP contribution in [-0.4, -0.2) is 13.6 Å². The molecule has 0 spiro atoms. The second-order valence-electron chi connectivity index (χ2n) is 7.27. The molecule has 1 aromatic rings. The molecule has 1 nitrogen and oxygen atoms in total. The molecule has 0 saturated carbocycles. The molecule has 20 heavy (non-hydrogen) atoms. The average Bonchev–Trinajstić information content (AvgIpc) is 2.27. The second-order valence-corrected chi connectivity index (χ2v) is 11.5. The Kier molecular flexibility index (Phi) is 6.07. The van der Waals surface area contributed by atoms with Gasteiger partial charge in [0.05, 0.1) is 5.75 Å². The lowest BCUT2D eigenvalue weighted by atomic mass is 9.79. The molecule has 4 heteroatoms. The Morgan fingerprint density at radius 3 is 1.75 bits per heavy atom. The minimum Gasteiger partial charge on any atom is -0.631 e. The molecule has 0 heterocycles. The monoisotopic (exact) mass is 374 g/mol. The number of hydrogen-bond acceptors (Lipinski definition) is 1. The van der Waals surface area contributed by atoms with Crippen molar-refractivity contribution in [3.05, 3.63) is 27.7 Å². The predicted octanol–water partition coefficient (Wildman–Crippen LogP) is 6.17. The summed E-state index contributed by atoms with van der Waals surface area (Å²) in [5.41, 5.74) is 2.50. The smallest absolute Gasteiger partial charge is 0.631 e. The van der Waals surface area contributed by atoms with Crippen molar-refractivity contribution < 1.29 is 3.79 Å². The third kappa shape index (κ3) is 4.67. The van der Waals surface area contributed by atoms with E-state index in [1.807, 2.05) is 0 Å². The van der Waals surface area contributed by atoms with E-state index in [0.717, 1.165) is 15.5 Å². The zero-order chi connectivity index (χ0) is 15.7. The van der Waals surface area contributed by atoms with Crippen molar-refractivity contribution >= 4 is 39.5 Å². The van der Waals surface area contributed by atoms with E-state index in [-0.39, 0.29) is 10.8 Å². The van der Waals surface area contributed by atoms with Gasteiger partial charge in [-0.25, -0.2) is 10.0 Å². The van der Waals surface area contributed by atoms with Crippen molar-refractivity contribution in [1.82, 2.24) is 0 Å². The fourth-order valence-corrected chi connectivity index (χ4v) is 3.45. The van der Waals surface area contributed by atoms with Crippen molar-refractivity contribution in [2.45, 2.75) is 64.6 Å². The molecule has 0 atom stereocenters. The Hall–Kier alpha value is 0.322. The van der Waals surface area contributed by atoms with Crippen LogP contribution in [0.15, 0.2) is 16.6 Å². The fraction of sp³-hybridized carbons (Fsp3) is 0.625. The van der Waals surface area contributed by atoms with E-state index >= 15 is 0 Å². The Labute approximate surface area is 141 Å². The van der Waals surface area contributed by atoms with Crippen LogP contribution in [0.2, 0.25) is 5.28 Å². The lowest BCUT2D eigenvalue weighted by molar-refractivity contribution is 0.489. The molecule has 0 bridgehead atoms. The summed E-state index contributed by atoms with van der Waals surface area (Å²) in [4.78, 5) is 0. The molecular formula is C16H25AlBrClO. The largest absolute Gasteiger partial charge is 0.679 e. The van der Waals surface area contributed by atoms with E-state index < -0.39 is 13.6 Å². The maximum atomic E-state index is 6.39. The molecule has 0 aliphatic rings. The standard InChI is InChI=1S/C14H21BrO.C2H5.Al.ClH/c1-13(2,3)10-7-9(15)8-11(12(10)16)14(4,5)6;1-2;;/h7-8,16H,1-6H3;1H2,2H3;;1H/q;;+2;/p-2. The first-order chi connectivity index (χ1) is 8.96. The molecule has 0 aliphatic carbocycles. The van der Waals surface area contributed by atoms with Crippen molar-refractivity contribution in [3.8, 4) is 5.75 Å². The highest BCUT2D eigenvalue weighted by Crippen LogP contribution is 2.42. The molecule has 0 saturated heterocycles. The Bertz CT molecular complexity index is 439. The quantitative estimate of drug-likeness (QED) is 0.574. The second kappa shape index (κ2) is 6.61. The molecule has 0 amide bonds. The van der Waals surface area contributed by atoms with E-state index in [4.69, 9.17) is 13.8 Å². The number of halogens is 2. The van der Waals surface area contributed by atoms with Crippen molar-refractivity contribution in [1.29, 1.82) is 0 Å². The van der Waals surface area contributed by atoms with Gasteiger partial charge in [0, 0.05) is 4.47 Å². The summed E-state index contributed by atoms with van der Waals surface area (Å²) in [5, 5.41) is 0.921. The highest BCUT2D eigenvalue weighted by molar-refractivity contribution is 9.10. The summed E-state index contributed by atoms with van der Waals surface area (Å²) >= 11 is 1.97. The van der Waals surface area contributed by atoms with E-state index in [9.17, 15) is 0 Å². The van der Waals surface area contributed by atoms with E-state index in [1.165, 1.54) is 11.1 Å². The molecule has 0 aliphatic heterocycles. The molecule has 1 rings (SSSR count). The van der Waals surface area contributed by atoms with Crippen LogP contribution in [0.3, 0.4) is 0 Å². The van der Waals surface area contributed by atoms with Gasteiger partial charge in [-0.3, -0.25) is 0 Å². The van der Waals surface area contributed by atoms with Gasteiger partial charge in [0.15, 0.2) is 0 Å². The number of benzene rings is 1. The minimum atomic E-state index is -1.67. The van der Waals surface area contributed by atoms with Crippen molar-refractivity contribution in [2.24, 2.45) is 0 Å². The topological polar surface area (TPSA) is 9.23 Å². The van der Waals surface area contributed by atoms with Crippen LogP contribution in [0.5, 0.6) is 5.75 Å². The Morgan fingerprint density at radius 2 is 1.45 bits per heavy atom. The summed E-state index contributed by atoms with van der Waals surface area (Å²) < 4.78 is 7.32. The van der Waals surface area contributed by atoms with Crippen LogP contribution < -0.4 is 3.79 Å². The SMILES string of the molecule is C[CH2][Al]([Cl])[O]c1c(C(C)(C)C)cc(Br)cc1C(C)(C)C. The molecular weight excluding hydrogens is 351 g/mol. The van der Waals surface area contributed by atoms with Crippen molar-refractivity contribution in [2.75, 3.05) is 0 Å². The molecule has 0 N–H and O–H groups in total. The number of rotatable bonds is 3. The zero-order valence-corrected chi connectivity index (χ0v) is 17.1. The molecule has 0 fully saturated rings. The van der Waals surface area contributed by atoms with Gasteiger partial charge in [0.25, 0.3) is 0 Å². The van der Waals surface area contributed by atoms with Crippen LogP contribution >= 0.6 is 26.0 Å². The van der Waals surface area contributed by atoms with Gasteiger partial charge in [-0.05, 0) is 39.4 Å². The highest BCUT2D eigenvalue weighted by atomic mass is 79.9.